The average molecular weight is 347 g/mol. The molecule has 0 radical (unpaired) electrons. The molecule has 0 atom stereocenters. The zero-order chi connectivity index (χ0) is 17.1. The van der Waals surface area contributed by atoms with Crippen molar-refractivity contribution in [1.82, 2.24) is 9.21 Å². The summed E-state index contributed by atoms with van der Waals surface area (Å²) in [7, 11) is 0. The first kappa shape index (κ1) is 18.3. The number of hydrogen-bond acceptors (Lipinski definition) is 3. The van der Waals surface area contributed by atoms with Crippen molar-refractivity contribution in [3.63, 3.8) is 0 Å². The van der Waals surface area contributed by atoms with Gasteiger partial charge in [-0.1, -0.05) is 24.6 Å². The summed E-state index contributed by atoms with van der Waals surface area (Å²) in [5, 5.41) is 0. The monoisotopic (exact) mass is 346 g/mol. The van der Waals surface area contributed by atoms with Crippen LogP contribution in [0, 0.1) is 32.6 Å². The molecule has 3 rings (SSSR count). The average Bonchev–Trinajstić information content (AvgIpc) is 2.54. The van der Waals surface area contributed by atoms with Gasteiger partial charge in [0.1, 0.15) is 0 Å². The molecular formula is C21H34N2S. The molecule has 3 heteroatoms. The minimum absolute atomic E-state index is 0.912. The standard InChI is InChI=1S/C21H34N2S/c1-16-5-9-22(10-6-16)15-20-7-11-23(12-8-20)24-21-18(3)13-17(2)14-19(21)4/h13-14,16,20H,5-12,15H2,1-4H3. The normalized spacial score (nSPS) is 22.2. The van der Waals surface area contributed by atoms with E-state index in [1.54, 1.807) is 0 Å². The molecule has 2 fully saturated rings. The molecule has 2 aliphatic heterocycles. The SMILES string of the molecule is Cc1cc(C)c(SN2CCC(CN3CCC(C)CC3)CC2)c(C)c1. The molecule has 0 bridgehead atoms. The lowest BCUT2D eigenvalue weighted by molar-refractivity contribution is 0.144. The second kappa shape index (κ2) is 8.25. The zero-order valence-corrected chi connectivity index (χ0v) is 16.8. The van der Waals surface area contributed by atoms with Crippen molar-refractivity contribution in [1.29, 1.82) is 0 Å². The van der Waals surface area contributed by atoms with E-state index in [9.17, 15) is 0 Å². The van der Waals surface area contributed by atoms with Crippen LogP contribution in [0.1, 0.15) is 49.3 Å². The van der Waals surface area contributed by atoms with Gasteiger partial charge in [-0.15, -0.1) is 0 Å². The van der Waals surface area contributed by atoms with Crippen LogP contribution in [0.5, 0.6) is 0 Å². The van der Waals surface area contributed by atoms with E-state index in [2.05, 4.69) is 49.0 Å². The van der Waals surface area contributed by atoms with Crippen LogP contribution in [-0.2, 0) is 0 Å². The van der Waals surface area contributed by atoms with Crippen LogP contribution in [0.4, 0.5) is 0 Å². The fourth-order valence-electron chi connectivity index (χ4n) is 4.23. The maximum absolute atomic E-state index is 2.72. The molecule has 1 aromatic carbocycles. The number of likely N-dealkylation sites (tertiary alicyclic amines) is 1. The van der Waals surface area contributed by atoms with Crippen molar-refractivity contribution in [3.8, 4) is 0 Å². The maximum Gasteiger partial charge on any atom is 0.0288 e. The Kier molecular flexibility index (Phi) is 6.28. The molecule has 0 spiro atoms. The third kappa shape index (κ3) is 4.77. The molecule has 0 unspecified atom stereocenters. The molecule has 2 heterocycles. The van der Waals surface area contributed by atoms with Gasteiger partial charge in [-0.3, -0.25) is 0 Å². The van der Waals surface area contributed by atoms with Crippen LogP contribution in [-0.4, -0.2) is 41.9 Å². The Labute approximate surface area is 153 Å². The Hall–Kier alpha value is -0.510. The molecule has 2 nitrogen and oxygen atoms in total. The third-order valence-corrected chi connectivity index (χ3v) is 7.24. The van der Waals surface area contributed by atoms with Crippen LogP contribution < -0.4 is 0 Å². The van der Waals surface area contributed by atoms with Crippen LogP contribution in [0.15, 0.2) is 17.0 Å². The second-order valence-corrected chi connectivity index (χ2v) is 9.28. The van der Waals surface area contributed by atoms with Gasteiger partial charge in [0.25, 0.3) is 0 Å². The van der Waals surface area contributed by atoms with Crippen molar-refractivity contribution in [2.75, 3.05) is 32.7 Å². The summed E-state index contributed by atoms with van der Waals surface area (Å²) in [6.45, 7) is 15.6. The Bertz CT molecular complexity index is 518. The van der Waals surface area contributed by atoms with Crippen molar-refractivity contribution in [3.05, 3.63) is 28.8 Å². The van der Waals surface area contributed by atoms with Crippen LogP contribution >= 0.6 is 11.9 Å². The highest BCUT2D eigenvalue weighted by Gasteiger charge is 2.24. The highest BCUT2D eigenvalue weighted by molar-refractivity contribution is 7.97. The van der Waals surface area contributed by atoms with E-state index < -0.39 is 0 Å². The quantitative estimate of drug-likeness (QED) is 0.703. The van der Waals surface area contributed by atoms with Gasteiger partial charge in [0.15, 0.2) is 0 Å². The summed E-state index contributed by atoms with van der Waals surface area (Å²) in [5.41, 5.74) is 4.24. The topological polar surface area (TPSA) is 6.48 Å². The number of piperidine rings is 2. The minimum atomic E-state index is 0.912. The molecule has 0 saturated carbocycles. The lowest BCUT2D eigenvalue weighted by Gasteiger charge is -2.37. The van der Waals surface area contributed by atoms with Crippen LogP contribution in [0.3, 0.4) is 0 Å². The first-order valence-corrected chi connectivity index (χ1v) is 10.5. The van der Waals surface area contributed by atoms with Gasteiger partial charge in [-0.2, -0.15) is 0 Å². The molecule has 2 aliphatic rings. The fourth-order valence-corrected chi connectivity index (χ4v) is 5.29. The van der Waals surface area contributed by atoms with E-state index in [0.717, 1.165) is 11.8 Å². The van der Waals surface area contributed by atoms with Gasteiger partial charge in [0.2, 0.25) is 0 Å². The van der Waals surface area contributed by atoms with Crippen molar-refractivity contribution in [2.45, 2.75) is 58.3 Å². The van der Waals surface area contributed by atoms with Gasteiger partial charge in [0.05, 0.1) is 0 Å². The molecular weight excluding hydrogens is 312 g/mol. The lowest BCUT2D eigenvalue weighted by Crippen LogP contribution is -2.39. The lowest BCUT2D eigenvalue weighted by atomic mass is 9.94. The Morgan fingerprint density at radius 1 is 0.917 bits per heavy atom. The summed E-state index contributed by atoms with van der Waals surface area (Å²) in [5.74, 6) is 1.86. The van der Waals surface area contributed by atoms with Gasteiger partial charge in [-0.25, -0.2) is 4.31 Å². The summed E-state index contributed by atoms with van der Waals surface area (Å²) in [4.78, 5) is 4.20. The molecule has 0 amide bonds. The number of benzene rings is 1. The predicted molar refractivity (Wildman–Crippen MR) is 106 cm³/mol. The first-order valence-electron chi connectivity index (χ1n) is 9.74. The predicted octanol–water partition coefficient (Wildman–Crippen LogP) is 5.06. The number of aryl methyl sites for hydroxylation is 3. The van der Waals surface area contributed by atoms with Crippen LogP contribution in [0.25, 0.3) is 0 Å². The number of hydrogen-bond donors (Lipinski definition) is 0. The van der Waals surface area contributed by atoms with E-state index >= 15 is 0 Å². The van der Waals surface area contributed by atoms with E-state index in [-0.39, 0.29) is 0 Å². The van der Waals surface area contributed by atoms with Crippen molar-refractivity contribution < 1.29 is 0 Å². The summed E-state index contributed by atoms with van der Waals surface area (Å²) < 4.78 is 2.60. The fraction of sp³-hybridized carbons (Fsp3) is 0.714. The summed E-state index contributed by atoms with van der Waals surface area (Å²) in [6, 6.07) is 4.64. The second-order valence-electron chi connectivity index (χ2n) is 8.17. The van der Waals surface area contributed by atoms with Gasteiger partial charge >= 0.3 is 0 Å². The van der Waals surface area contributed by atoms with Gasteiger partial charge in [-0.05, 0) is 94.5 Å². The molecule has 0 aromatic heterocycles. The smallest absolute Gasteiger partial charge is 0.0288 e. The molecule has 0 N–H and O–H groups in total. The van der Waals surface area contributed by atoms with E-state index in [0.29, 0.717) is 0 Å². The first-order chi connectivity index (χ1) is 11.5. The molecule has 1 aromatic rings. The van der Waals surface area contributed by atoms with E-state index in [1.807, 2.05) is 11.9 Å². The molecule has 24 heavy (non-hydrogen) atoms. The van der Waals surface area contributed by atoms with Crippen molar-refractivity contribution >= 4 is 11.9 Å². The maximum atomic E-state index is 2.72. The molecule has 0 aliphatic carbocycles. The van der Waals surface area contributed by atoms with Crippen LogP contribution in [0.2, 0.25) is 0 Å². The number of nitrogens with zero attached hydrogens (tertiary/aromatic N) is 2. The van der Waals surface area contributed by atoms with E-state index in [1.165, 1.54) is 80.0 Å². The Morgan fingerprint density at radius 2 is 1.50 bits per heavy atom. The van der Waals surface area contributed by atoms with E-state index in [4.69, 9.17) is 0 Å². The highest BCUT2D eigenvalue weighted by atomic mass is 32.2. The summed E-state index contributed by atoms with van der Waals surface area (Å²) >= 11 is 1.99. The Morgan fingerprint density at radius 3 is 2.08 bits per heavy atom. The highest BCUT2D eigenvalue weighted by Crippen LogP contribution is 2.33. The number of rotatable bonds is 4. The van der Waals surface area contributed by atoms with Gasteiger partial charge in [0, 0.05) is 24.5 Å². The third-order valence-electron chi connectivity index (χ3n) is 5.79. The van der Waals surface area contributed by atoms with Gasteiger partial charge < -0.3 is 4.90 Å². The Balaban J connectivity index is 1.47. The van der Waals surface area contributed by atoms with Crippen molar-refractivity contribution in [2.24, 2.45) is 11.8 Å². The summed E-state index contributed by atoms with van der Waals surface area (Å²) in [6.07, 6.45) is 5.54. The minimum Gasteiger partial charge on any atom is -0.303 e. The molecule has 2 saturated heterocycles. The zero-order valence-electron chi connectivity index (χ0n) is 16.0. The molecule has 134 valence electrons. The largest absolute Gasteiger partial charge is 0.303 e.